The molecule has 1 heterocycles. The summed E-state index contributed by atoms with van der Waals surface area (Å²) in [4.78, 5) is 3.94. The molecule has 102 valence electrons. The second kappa shape index (κ2) is 7.53. The number of hydrogen-bond donors (Lipinski definition) is 1. The van der Waals surface area contributed by atoms with Gasteiger partial charge in [0.25, 0.3) is 0 Å². The highest BCUT2D eigenvalue weighted by Crippen LogP contribution is 2.12. The number of benzene rings is 1. The van der Waals surface area contributed by atoms with Crippen LogP contribution < -0.4 is 10.1 Å². The second-order valence-electron chi connectivity index (χ2n) is 4.30. The smallest absolute Gasteiger partial charge is 0.213 e. The Morgan fingerprint density at radius 3 is 2.74 bits per heavy atom. The first-order chi connectivity index (χ1) is 9.38. The number of rotatable bonds is 8. The van der Waals surface area contributed by atoms with E-state index in [0.29, 0.717) is 12.4 Å². The van der Waals surface area contributed by atoms with Gasteiger partial charge >= 0.3 is 0 Å². The first-order valence-electron chi connectivity index (χ1n) is 6.56. The molecule has 0 unspecified atom stereocenters. The number of ether oxygens (including phenoxy) is 1. The van der Waals surface area contributed by atoms with Crippen molar-refractivity contribution in [2.75, 3.05) is 6.61 Å². The molecular weight excluding hydrogens is 242 g/mol. The molecule has 0 atom stereocenters. The summed E-state index contributed by atoms with van der Waals surface area (Å²) in [5, 5.41) is 6.98. The lowest BCUT2D eigenvalue weighted by atomic mass is 10.2. The molecular formula is C14H19N3O2. The van der Waals surface area contributed by atoms with Crippen LogP contribution in [0.3, 0.4) is 0 Å². The van der Waals surface area contributed by atoms with E-state index in [4.69, 9.17) is 4.74 Å². The van der Waals surface area contributed by atoms with Gasteiger partial charge in [-0.25, -0.2) is 0 Å². The molecule has 0 saturated carbocycles. The third kappa shape index (κ3) is 4.71. The maximum atomic E-state index is 5.61. The van der Waals surface area contributed by atoms with Crippen LogP contribution in [0.15, 0.2) is 35.2 Å². The normalized spacial score (nSPS) is 10.6. The summed E-state index contributed by atoms with van der Waals surface area (Å²) in [7, 11) is 0. The highest BCUT2D eigenvalue weighted by molar-refractivity contribution is 5.27. The van der Waals surface area contributed by atoms with E-state index >= 15 is 0 Å². The Labute approximate surface area is 113 Å². The summed E-state index contributed by atoms with van der Waals surface area (Å²) >= 11 is 0. The van der Waals surface area contributed by atoms with Gasteiger partial charge in [-0.1, -0.05) is 30.6 Å². The number of hydrogen-bond acceptors (Lipinski definition) is 5. The number of aromatic nitrogens is 2. The summed E-state index contributed by atoms with van der Waals surface area (Å²) in [5.41, 5.74) is 1.20. The van der Waals surface area contributed by atoms with Crippen LogP contribution in [0.1, 0.15) is 31.2 Å². The highest BCUT2D eigenvalue weighted by Gasteiger charge is 1.99. The fraction of sp³-hybridized carbons (Fsp3) is 0.429. The van der Waals surface area contributed by atoms with Crippen molar-refractivity contribution in [2.24, 2.45) is 0 Å². The summed E-state index contributed by atoms with van der Waals surface area (Å²) in [6, 6.07) is 8.12. The van der Waals surface area contributed by atoms with Crippen LogP contribution in [0, 0.1) is 0 Å². The van der Waals surface area contributed by atoms with E-state index in [-0.39, 0.29) is 0 Å². The molecule has 1 aromatic carbocycles. The fourth-order valence-electron chi connectivity index (χ4n) is 1.63. The molecule has 2 aromatic rings. The van der Waals surface area contributed by atoms with Crippen molar-refractivity contribution in [3.8, 4) is 5.75 Å². The van der Waals surface area contributed by atoms with Crippen molar-refractivity contribution in [3.63, 3.8) is 0 Å². The zero-order valence-corrected chi connectivity index (χ0v) is 11.1. The minimum absolute atomic E-state index is 0.602. The van der Waals surface area contributed by atoms with Crippen LogP contribution in [0.5, 0.6) is 5.75 Å². The number of nitrogens with one attached hydrogen (secondary N) is 1. The van der Waals surface area contributed by atoms with Crippen molar-refractivity contribution in [1.29, 1.82) is 0 Å². The van der Waals surface area contributed by atoms with Crippen LogP contribution in [-0.4, -0.2) is 16.7 Å². The molecule has 1 aromatic heterocycles. The van der Waals surface area contributed by atoms with Gasteiger partial charge in [-0.2, -0.15) is 4.98 Å². The average molecular weight is 261 g/mol. The zero-order chi connectivity index (χ0) is 13.3. The zero-order valence-electron chi connectivity index (χ0n) is 11.1. The van der Waals surface area contributed by atoms with Gasteiger partial charge in [0.2, 0.25) is 6.39 Å². The minimum Gasteiger partial charge on any atom is -0.494 e. The first-order valence-corrected chi connectivity index (χ1v) is 6.56. The summed E-state index contributed by atoms with van der Waals surface area (Å²) < 4.78 is 10.3. The molecule has 2 rings (SSSR count). The maximum Gasteiger partial charge on any atom is 0.213 e. The van der Waals surface area contributed by atoms with Gasteiger partial charge in [0.15, 0.2) is 5.82 Å². The number of unbranched alkanes of at least 4 members (excludes halogenated alkanes) is 1. The van der Waals surface area contributed by atoms with Gasteiger partial charge in [-0.15, -0.1) is 0 Å². The summed E-state index contributed by atoms with van der Waals surface area (Å²) in [5.74, 6) is 1.59. The van der Waals surface area contributed by atoms with E-state index < -0.39 is 0 Å². The lowest BCUT2D eigenvalue weighted by molar-refractivity contribution is 0.309. The van der Waals surface area contributed by atoms with E-state index in [1.807, 2.05) is 12.1 Å². The second-order valence-corrected chi connectivity index (χ2v) is 4.30. The van der Waals surface area contributed by atoms with Crippen molar-refractivity contribution in [3.05, 3.63) is 42.0 Å². The Morgan fingerprint density at radius 2 is 2.05 bits per heavy atom. The third-order valence-corrected chi connectivity index (χ3v) is 2.71. The predicted molar refractivity (Wildman–Crippen MR) is 71.7 cm³/mol. The average Bonchev–Trinajstić information content (AvgIpc) is 2.94. The molecule has 5 heteroatoms. The Hall–Kier alpha value is -1.88. The standard InChI is InChI=1S/C14H19N3O2/c1-2-3-8-18-13-6-4-12(5-7-13)9-15-10-14-16-11-19-17-14/h4-7,11,15H,2-3,8-10H2,1H3. The predicted octanol–water partition coefficient (Wildman–Crippen LogP) is 2.54. The van der Waals surface area contributed by atoms with E-state index in [1.165, 1.54) is 12.0 Å². The van der Waals surface area contributed by atoms with Crippen molar-refractivity contribution in [1.82, 2.24) is 15.5 Å². The van der Waals surface area contributed by atoms with Crippen molar-refractivity contribution < 1.29 is 9.26 Å². The molecule has 0 fully saturated rings. The van der Waals surface area contributed by atoms with Crippen molar-refractivity contribution >= 4 is 0 Å². The Kier molecular flexibility index (Phi) is 5.37. The topological polar surface area (TPSA) is 60.2 Å². The summed E-state index contributed by atoms with van der Waals surface area (Å²) in [6.45, 7) is 4.31. The molecule has 19 heavy (non-hydrogen) atoms. The van der Waals surface area contributed by atoms with Crippen LogP contribution in [0.4, 0.5) is 0 Å². The van der Waals surface area contributed by atoms with Gasteiger partial charge in [-0.3, -0.25) is 0 Å². The molecule has 5 nitrogen and oxygen atoms in total. The SMILES string of the molecule is CCCCOc1ccc(CNCc2ncon2)cc1. The van der Waals surface area contributed by atoms with Crippen LogP contribution in [0.2, 0.25) is 0 Å². The van der Waals surface area contributed by atoms with Crippen LogP contribution >= 0.6 is 0 Å². The van der Waals surface area contributed by atoms with Gasteiger partial charge < -0.3 is 14.6 Å². The third-order valence-electron chi connectivity index (χ3n) is 2.71. The Bertz CT molecular complexity index is 454. The summed E-state index contributed by atoms with van der Waals surface area (Å²) in [6.07, 6.45) is 3.57. The van der Waals surface area contributed by atoms with Crippen LogP contribution in [0.25, 0.3) is 0 Å². The minimum atomic E-state index is 0.602. The van der Waals surface area contributed by atoms with Gasteiger partial charge in [-0.05, 0) is 24.1 Å². The first kappa shape index (κ1) is 13.5. The van der Waals surface area contributed by atoms with E-state index in [1.54, 1.807) is 0 Å². The van der Waals surface area contributed by atoms with Gasteiger partial charge in [0.05, 0.1) is 13.2 Å². The molecule has 0 aliphatic heterocycles. The van der Waals surface area contributed by atoms with E-state index in [9.17, 15) is 0 Å². The lowest BCUT2D eigenvalue weighted by Gasteiger charge is -2.07. The monoisotopic (exact) mass is 261 g/mol. The van der Waals surface area contributed by atoms with Crippen molar-refractivity contribution in [2.45, 2.75) is 32.9 Å². The molecule has 0 aliphatic carbocycles. The molecule has 0 radical (unpaired) electrons. The Morgan fingerprint density at radius 1 is 1.21 bits per heavy atom. The maximum absolute atomic E-state index is 5.61. The highest BCUT2D eigenvalue weighted by atomic mass is 16.5. The number of nitrogens with zero attached hydrogens (tertiary/aromatic N) is 2. The lowest BCUT2D eigenvalue weighted by Crippen LogP contribution is -2.13. The largest absolute Gasteiger partial charge is 0.494 e. The molecule has 1 N–H and O–H groups in total. The Balaban J connectivity index is 1.72. The molecule has 0 bridgehead atoms. The molecule has 0 aliphatic rings. The molecule has 0 amide bonds. The van der Waals surface area contributed by atoms with Gasteiger partial charge in [0, 0.05) is 6.54 Å². The fourth-order valence-corrected chi connectivity index (χ4v) is 1.63. The quantitative estimate of drug-likeness (QED) is 0.740. The van der Waals surface area contributed by atoms with E-state index in [2.05, 4.69) is 39.0 Å². The molecule has 0 spiro atoms. The molecule has 0 saturated heterocycles. The van der Waals surface area contributed by atoms with Gasteiger partial charge in [0.1, 0.15) is 5.75 Å². The van der Waals surface area contributed by atoms with Crippen LogP contribution in [-0.2, 0) is 13.1 Å². The van der Waals surface area contributed by atoms with E-state index in [0.717, 1.165) is 31.7 Å².